The zero-order chi connectivity index (χ0) is 10.8. The molecule has 0 saturated carbocycles. The Labute approximate surface area is 90.3 Å². The number of hydrogen-bond acceptors (Lipinski definition) is 2. The third-order valence-electron chi connectivity index (χ3n) is 2.28. The fourth-order valence-corrected chi connectivity index (χ4v) is 1.60. The smallest absolute Gasteiger partial charge is 0.126 e. The van der Waals surface area contributed by atoms with Crippen LogP contribution in [0.25, 0.3) is 10.9 Å². The molecule has 2 heteroatoms. The van der Waals surface area contributed by atoms with Gasteiger partial charge in [-0.2, -0.15) is 0 Å². The number of hydrogen-bond donors (Lipinski definition) is 1. The van der Waals surface area contributed by atoms with E-state index >= 15 is 0 Å². The zero-order valence-corrected chi connectivity index (χ0v) is 9.41. The van der Waals surface area contributed by atoms with Crippen molar-refractivity contribution in [2.75, 3.05) is 5.32 Å². The highest BCUT2D eigenvalue weighted by Gasteiger charge is 1.99. The Kier molecular flexibility index (Phi) is 2.58. The van der Waals surface area contributed by atoms with Crippen LogP contribution in [0.1, 0.15) is 19.4 Å². The number of aryl methyl sites for hydroxylation is 1. The molecule has 0 bridgehead atoms. The number of fused-ring (bicyclic) bond motifs is 1. The van der Waals surface area contributed by atoms with Crippen LogP contribution in [0.4, 0.5) is 5.82 Å². The van der Waals surface area contributed by atoms with Crippen molar-refractivity contribution in [1.29, 1.82) is 0 Å². The summed E-state index contributed by atoms with van der Waals surface area (Å²) in [7, 11) is 0. The van der Waals surface area contributed by atoms with Crippen molar-refractivity contribution < 1.29 is 0 Å². The van der Waals surface area contributed by atoms with Crippen molar-refractivity contribution in [3.05, 3.63) is 35.9 Å². The largest absolute Gasteiger partial charge is 0.368 e. The van der Waals surface area contributed by atoms with Crippen LogP contribution in [0.5, 0.6) is 0 Å². The van der Waals surface area contributed by atoms with Crippen molar-refractivity contribution in [3.63, 3.8) is 0 Å². The molecule has 0 aliphatic carbocycles. The average Bonchev–Trinajstić information content (AvgIpc) is 2.16. The number of anilines is 1. The molecule has 15 heavy (non-hydrogen) atoms. The van der Waals surface area contributed by atoms with E-state index in [2.05, 4.69) is 55.3 Å². The topological polar surface area (TPSA) is 24.9 Å². The second-order valence-corrected chi connectivity index (χ2v) is 4.19. The normalized spacial score (nSPS) is 10.9. The van der Waals surface area contributed by atoms with Gasteiger partial charge in [-0.05, 0) is 44.5 Å². The molecule has 0 amide bonds. The number of nitrogens with one attached hydrogen (secondary N) is 1. The Bertz CT molecular complexity index is 475. The van der Waals surface area contributed by atoms with Crippen molar-refractivity contribution in [2.45, 2.75) is 26.8 Å². The predicted molar refractivity (Wildman–Crippen MR) is 65.2 cm³/mol. The summed E-state index contributed by atoms with van der Waals surface area (Å²) < 4.78 is 0. The number of rotatable bonds is 2. The highest BCUT2D eigenvalue weighted by Crippen LogP contribution is 2.16. The first-order valence-corrected chi connectivity index (χ1v) is 5.29. The SMILES string of the molecule is Cc1ccc2ccc(NC(C)C)nc2c1. The van der Waals surface area contributed by atoms with E-state index < -0.39 is 0 Å². The van der Waals surface area contributed by atoms with Gasteiger partial charge in [0, 0.05) is 11.4 Å². The van der Waals surface area contributed by atoms with Crippen LogP contribution in [0.2, 0.25) is 0 Å². The summed E-state index contributed by atoms with van der Waals surface area (Å²) in [6.45, 7) is 6.31. The minimum Gasteiger partial charge on any atom is -0.368 e. The fraction of sp³-hybridized carbons (Fsp3) is 0.308. The highest BCUT2D eigenvalue weighted by molar-refractivity contribution is 5.80. The first-order chi connectivity index (χ1) is 7.15. The summed E-state index contributed by atoms with van der Waals surface area (Å²) in [6.07, 6.45) is 0. The second-order valence-electron chi connectivity index (χ2n) is 4.19. The number of aromatic nitrogens is 1. The zero-order valence-electron chi connectivity index (χ0n) is 9.41. The quantitative estimate of drug-likeness (QED) is 0.804. The molecule has 0 radical (unpaired) electrons. The van der Waals surface area contributed by atoms with Gasteiger partial charge in [-0.1, -0.05) is 12.1 Å². The Morgan fingerprint density at radius 2 is 1.87 bits per heavy atom. The lowest BCUT2D eigenvalue weighted by atomic mass is 10.1. The third kappa shape index (κ3) is 2.27. The minimum atomic E-state index is 0.416. The summed E-state index contributed by atoms with van der Waals surface area (Å²) in [4.78, 5) is 4.57. The molecule has 0 aliphatic heterocycles. The molecule has 0 saturated heterocycles. The van der Waals surface area contributed by atoms with Crippen LogP contribution in [0.3, 0.4) is 0 Å². The van der Waals surface area contributed by atoms with Gasteiger partial charge in [-0.25, -0.2) is 4.98 Å². The summed E-state index contributed by atoms with van der Waals surface area (Å²) in [6, 6.07) is 10.9. The molecule has 1 N–H and O–H groups in total. The maximum Gasteiger partial charge on any atom is 0.126 e. The van der Waals surface area contributed by atoms with Crippen LogP contribution in [0, 0.1) is 6.92 Å². The molecule has 1 aromatic heterocycles. The Balaban J connectivity index is 2.45. The summed E-state index contributed by atoms with van der Waals surface area (Å²) in [5, 5.41) is 4.49. The predicted octanol–water partition coefficient (Wildman–Crippen LogP) is 3.36. The molecule has 2 aromatic rings. The van der Waals surface area contributed by atoms with Crippen molar-refractivity contribution in [2.24, 2.45) is 0 Å². The molecule has 0 spiro atoms. The molecule has 1 aromatic carbocycles. The second kappa shape index (κ2) is 3.89. The Morgan fingerprint density at radius 1 is 1.13 bits per heavy atom. The molecular formula is C13H16N2. The monoisotopic (exact) mass is 200 g/mol. The van der Waals surface area contributed by atoms with Crippen LogP contribution in [0.15, 0.2) is 30.3 Å². The molecule has 1 heterocycles. The number of nitrogens with zero attached hydrogens (tertiary/aromatic N) is 1. The molecule has 0 atom stereocenters. The summed E-state index contributed by atoms with van der Waals surface area (Å²) in [5.41, 5.74) is 2.30. The van der Waals surface area contributed by atoms with E-state index in [0.717, 1.165) is 11.3 Å². The van der Waals surface area contributed by atoms with Gasteiger partial charge in [-0.3, -0.25) is 0 Å². The van der Waals surface area contributed by atoms with Gasteiger partial charge in [0.1, 0.15) is 5.82 Å². The first kappa shape index (κ1) is 9.97. The van der Waals surface area contributed by atoms with Crippen molar-refractivity contribution in [1.82, 2.24) is 4.98 Å². The van der Waals surface area contributed by atoms with Crippen LogP contribution < -0.4 is 5.32 Å². The van der Waals surface area contributed by atoms with E-state index in [0.29, 0.717) is 6.04 Å². The Hall–Kier alpha value is -1.57. The van der Waals surface area contributed by atoms with Gasteiger partial charge < -0.3 is 5.32 Å². The lowest BCUT2D eigenvalue weighted by Crippen LogP contribution is -2.10. The number of pyridine rings is 1. The van der Waals surface area contributed by atoms with E-state index in [9.17, 15) is 0 Å². The van der Waals surface area contributed by atoms with Gasteiger partial charge in [0.25, 0.3) is 0 Å². The first-order valence-electron chi connectivity index (χ1n) is 5.29. The van der Waals surface area contributed by atoms with Crippen molar-refractivity contribution >= 4 is 16.7 Å². The lowest BCUT2D eigenvalue weighted by molar-refractivity contribution is 0.891. The fourth-order valence-electron chi connectivity index (χ4n) is 1.60. The molecular weight excluding hydrogens is 184 g/mol. The third-order valence-corrected chi connectivity index (χ3v) is 2.28. The van der Waals surface area contributed by atoms with Crippen LogP contribution in [-0.2, 0) is 0 Å². The highest BCUT2D eigenvalue weighted by atomic mass is 15.0. The average molecular weight is 200 g/mol. The molecule has 2 nitrogen and oxygen atoms in total. The van der Waals surface area contributed by atoms with Gasteiger partial charge in [-0.15, -0.1) is 0 Å². The lowest BCUT2D eigenvalue weighted by Gasteiger charge is -2.09. The molecule has 2 rings (SSSR count). The maximum atomic E-state index is 4.57. The van der Waals surface area contributed by atoms with E-state index in [-0.39, 0.29) is 0 Å². The molecule has 0 aliphatic rings. The minimum absolute atomic E-state index is 0.416. The van der Waals surface area contributed by atoms with Crippen LogP contribution in [-0.4, -0.2) is 11.0 Å². The van der Waals surface area contributed by atoms with Gasteiger partial charge in [0.05, 0.1) is 5.52 Å². The van der Waals surface area contributed by atoms with Crippen molar-refractivity contribution in [3.8, 4) is 0 Å². The van der Waals surface area contributed by atoms with E-state index in [1.807, 2.05) is 6.07 Å². The summed E-state index contributed by atoms with van der Waals surface area (Å²) >= 11 is 0. The number of benzene rings is 1. The van der Waals surface area contributed by atoms with E-state index in [4.69, 9.17) is 0 Å². The molecule has 0 unspecified atom stereocenters. The molecule has 78 valence electrons. The summed E-state index contributed by atoms with van der Waals surface area (Å²) in [5.74, 6) is 0.947. The maximum absolute atomic E-state index is 4.57. The Morgan fingerprint density at radius 3 is 2.60 bits per heavy atom. The molecule has 0 fully saturated rings. The van der Waals surface area contributed by atoms with E-state index in [1.54, 1.807) is 0 Å². The van der Waals surface area contributed by atoms with Crippen LogP contribution >= 0.6 is 0 Å². The standard InChI is InChI=1S/C13H16N2/c1-9(2)14-13-7-6-11-5-4-10(3)8-12(11)15-13/h4-9H,1-3H3,(H,14,15). The van der Waals surface area contributed by atoms with E-state index in [1.165, 1.54) is 10.9 Å². The van der Waals surface area contributed by atoms with Gasteiger partial charge in [0.2, 0.25) is 0 Å². The van der Waals surface area contributed by atoms with Gasteiger partial charge in [0.15, 0.2) is 0 Å². The van der Waals surface area contributed by atoms with Gasteiger partial charge >= 0.3 is 0 Å².